The van der Waals surface area contributed by atoms with Gasteiger partial charge in [0.2, 0.25) is 0 Å². The molecular weight excluding hydrogens is 429 g/mol. The molecule has 0 radical (unpaired) electrons. The fourth-order valence-electron chi connectivity index (χ4n) is 3.61. The third-order valence-corrected chi connectivity index (χ3v) is 7.22. The van der Waals surface area contributed by atoms with Crippen molar-refractivity contribution in [2.24, 2.45) is 0 Å². The van der Waals surface area contributed by atoms with E-state index in [9.17, 15) is 8.42 Å². The Balaban J connectivity index is 1.99. The molecule has 0 aliphatic heterocycles. The highest BCUT2D eigenvalue weighted by molar-refractivity contribution is 7.92. The van der Waals surface area contributed by atoms with Crippen LogP contribution in [0, 0.1) is 34.6 Å². The zero-order valence-corrected chi connectivity index (χ0v) is 19.3. The summed E-state index contributed by atoms with van der Waals surface area (Å²) in [5, 5.41) is 5.58. The number of sulfonamides is 1. The molecule has 8 heteroatoms. The average molecular weight is 452 g/mol. The first-order chi connectivity index (χ1) is 13.5. The van der Waals surface area contributed by atoms with E-state index in [0.717, 1.165) is 11.1 Å². The molecule has 3 aromatic rings. The van der Waals surface area contributed by atoms with Gasteiger partial charge in [-0.05, 0) is 57.9 Å². The molecule has 2 aromatic carbocycles. The molecule has 5 nitrogen and oxygen atoms in total. The van der Waals surface area contributed by atoms with Gasteiger partial charge in [0.05, 0.1) is 28.5 Å². The SMILES string of the molecule is Cc1cc(C)c(S(=O)(=O)Nc2c(C)nn(Cc3c(Cl)cccc3Cl)c2C)c(C)c1. The third kappa shape index (κ3) is 4.29. The van der Waals surface area contributed by atoms with Crippen LogP contribution in [0.3, 0.4) is 0 Å². The van der Waals surface area contributed by atoms with Crippen molar-refractivity contribution in [2.45, 2.75) is 46.1 Å². The molecule has 0 fully saturated rings. The lowest BCUT2D eigenvalue weighted by Gasteiger charge is -2.14. The second kappa shape index (κ2) is 8.01. The number of aromatic nitrogens is 2. The van der Waals surface area contributed by atoms with Crippen LogP contribution in [0.4, 0.5) is 5.69 Å². The van der Waals surface area contributed by atoms with Crippen LogP contribution in [0.5, 0.6) is 0 Å². The van der Waals surface area contributed by atoms with Gasteiger partial charge in [0, 0.05) is 15.6 Å². The van der Waals surface area contributed by atoms with E-state index in [-0.39, 0.29) is 0 Å². The number of hydrogen-bond acceptors (Lipinski definition) is 3. The molecule has 154 valence electrons. The van der Waals surface area contributed by atoms with Crippen LogP contribution in [0.15, 0.2) is 35.2 Å². The van der Waals surface area contributed by atoms with Crippen molar-refractivity contribution in [1.82, 2.24) is 9.78 Å². The van der Waals surface area contributed by atoms with Gasteiger partial charge in [-0.3, -0.25) is 9.40 Å². The molecule has 0 unspecified atom stereocenters. The molecule has 1 aromatic heterocycles. The Morgan fingerprint density at radius 2 is 1.55 bits per heavy atom. The van der Waals surface area contributed by atoms with Crippen molar-refractivity contribution in [3.63, 3.8) is 0 Å². The molecular formula is C21H23Cl2N3O2S. The predicted octanol–water partition coefficient (Wildman–Crippen LogP) is 5.58. The number of benzene rings is 2. The maximum atomic E-state index is 13.1. The number of rotatable bonds is 5. The number of aryl methyl sites for hydroxylation is 4. The van der Waals surface area contributed by atoms with Gasteiger partial charge in [0.15, 0.2) is 0 Å². The van der Waals surface area contributed by atoms with E-state index in [1.165, 1.54) is 0 Å². The highest BCUT2D eigenvalue weighted by Gasteiger charge is 2.24. The Morgan fingerprint density at radius 1 is 1.00 bits per heavy atom. The summed E-state index contributed by atoms with van der Waals surface area (Å²) < 4.78 is 30.7. The van der Waals surface area contributed by atoms with Crippen molar-refractivity contribution in [3.05, 3.63) is 74.0 Å². The Kier molecular flexibility index (Phi) is 5.99. The first-order valence-corrected chi connectivity index (χ1v) is 11.3. The number of halogens is 2. The highest BCUT2D eigenvalue weighted by atomic mass is 35.5. The van der Waals surface area contributed by atoms with E-state index in [0.29, 0.717) is 49.7 Å². The van der Waals surface area contributed by atoms with Crippen LogP contribution in [-0.4, -0.2) is 18.2 Å². The summed E-state index contributed by atoms with van der Waals surface area (Å²) in [6, 6.07) is 9.04. The Labute approximate surface area is 181 Å². The molecule has 0 aliphatic rings. The summed E-state index contributed by atoms with van der Waals surface area (Å²) in [6.07, 6.45) is 0. The second-order valence-electron chi connectivity index (χ2n) is 7.24. The Bertz CT molecular complexity index is 1160. The first-order valence-electron chi connectivity index (χ1n) is 9.09. The van der Waals surface area contributed by atoms with E-state index >= 15 is 0 Å². The van der Waals surface area contributed by atoms with Gasteiger partial charge in [-0.25, -0.2) is 8.42 Å². The maximum absolute atomic E-state index is 13.1. The fraction of sp³-hybridized carbons (Fsp3) is 0.286. The predicted molar refractivity (Wildman–Crippen MR) is 119 cm³/mol. The minimum atomic E-state index is -3.77. The molecule has 0 amide bonds. The smallest absolute Gasteiger partial charge is 0.262 e. The lowest BCUT2D eigenvalue weighted by Crippen LogP contribution is -2.17. The lowest BCUT2D eigenvalue weighted by molar-refractivity contribution is 0.600. The Morgan fingerprint density at radius 3 is 2.10 bits per heavy atom. The fourth-order valence-corrected chi connectivity index (χ4v) is 5.76. The van der Waals surface area contributed by atoms with Crippen molar-refractivity contribution >= 4 is 38.9 Å². The monoisotopic (exact) mass is 451 g/mol. The van der Waals surface area contributed by atoms with Gasteiger partial charge in [0.1, 0.15) is 0 Å². The molecule has 0 atom stereocenters. The summed E-state index contributed by atoms with van der Waals surface area (Å²) in [4.78, 5) is 0.295. The van der Waals surface area contributed by atoms with Crippen LogP contribution in [0.25, 0.3) is 0 Å². The average Bonchev–Trinajstić information content (AvgIpc) is 2.84. The topological polar surface area (TPSA) is 64.0 Å². The van der Waals surface area contributed by atoms with Crippen LogP contribution in [0.2, 0.25) is 10.0 Å². The van der Waals surface area contributed by atoms with Crippen LogP contribution < -0.4 is 4.72 Å². The van der Waals surface area contributed by atoms with E-state index in [2.05, 4.69) is 9.82 Å². The number of nitrogens with one attached hydrogen (secondary N) is 1. The Hall–Kier alpha value is -2.02. The standard InChI is InChI=1S/C21H23Cl2N3O2S/c1-12-9-13(2)21(14(3)10-12)29(27,28)25-20-15(4)24-26(16(20)5)11-17-18(22)7-6-8-19(17)23/h6-10,25H,11H2,1-5H3. The first kappa shape index (κ1) is 21.7. The van der Waals surface area contributed by atoms with E-state index in [1.54, 1.807) is 43.7 Å². The second-order valence-corrected chi connectivity index (χ2v) is 9.67. The molecule has 0 aliphatic carbocycles. The molecule has 3 rings (SSSR count). The van der Waals surface area contributed by atoms with Crippen molar-refractivity contribution in [3.8, 4) is 0 Å². The summed E-state index contributed by atoms with van der Waals surface area (Å²) in [6.45, 7) is 9.48. The molecule has 0 saturated heterocycles. The van der Waals surface area contributed by atoms with Gasteiger partial charge in [0.25, 0.3) is 10.0 Å². The van der Waals surface area contributed by atoms with Gasteiger partial charge in [-0.1, -0.05) is 47.0 Å². The van der Waals surface area contributed by atoms with Crippen molar-refractivity contribution in [1.29, 1.82) is 0 Å². The normalized spacial score (nSPS) is 11.7. The van der Waals surface area contributed by atoms with Gasteiger partial charge in [-0.15, -0.1) is 0 Å². The van der Waals surface area contributed by atoms with Crippen LogP contribution in [-0.2, 0) is 16.6 Å². The lowest BCUT2D eigenvalue weighted by atomic mass is 10.1. The molecule has 0 bridgehead atoms. The summed E-state index contributed by atoms with van der Waals surface area (Å²) in [5.41, 5.74) is 4.91. The molecule has 1 heterocycles. The number of nitrogens with zero attached hydrogens (tertiary/aromatic N) is 2. The number of anilines is 1. The molecule has 0 spiro atoms. The van der Waals surface area contributed by atoms with Gasteiger partial charge < -0.3 is 0 Å². The van der Waals surface area contributed by atoms with Crippen molar-refractivity contribution < 1.29 is 8.42 Å². The van der Waals surface area contributed by atoms with E-state index in [4.69, 9.17) is 23.2 Å². The van der Waals surface area contributed by atoms with Crippen LogP contribution in [0.1, 0.15) is 33.6 Å². The maximum Gasteiger partial charge on any atom is 0.262 e. The highest BCUT2D eigenvalue weighted by Crippen LogP contribution is 2.30. The quantitative estimate of drug-likeness (QED) is 0.550. The minimum absolute atomic E-state index is 0.295. The molecule has 29 heavy (non-hydrogen) atoms. The third-order valence-electron chi connectivity index (χ3n) is 4.86. The zero-order valence-electron chi connectivity index (χ0n) is 17.0. The van der Waals surface area contributed by atoms with Crippen LogP contribution >= 0.6 is 23.2 Å². The van der Waals surface area contributed by atoms with Gasteiger partial charge in [-0.2, -0.15) is 5.10 Å². The summed E-state index contributed by atoms with van der Waals surface area (Å²) in [5.74, 6) is 0. The zero-order chi connectivity index (χ0) is 21.5. The van der Waals surface area contributed by atoms with Gasteiger partial charge >= 0.3 is 0 Å². The molecule has 1 N–H and O–H groups in total. The largest absolute Gasteiger partial charge is 0.276 e. The summed E-state index contributed by atoms with van der Waals surface area (Å²) >= 11 is 12.6. The molecule has 0 saturated carbocycles. The van der Waals surface area contributed by atoms with E-state index in [1.807, 2.05) is 26.0 Å². The number of hydrogen-bond donors (Lipinski definition) is 1. The van der Waals surface area contributed by atoms with E-state index < -0.39 is 10.0 Å². The summed E-state index contributed by atoms with van der Waals surface area (Å²) in [7, 11) is -3.77. The minimum Gasteiger partial charge on any atom is -0.276 e. The van der Waals surface area contributed by atoms with Crippen molar-refractivity contribution in [2.75, 3.05) is 4.72 Å².